The second-order valence-electron chi connectivity index (χ2n) is 8.98. The lowest BCUT2D eigenvalue weighted by Crippen LogP contribution is -2.58. The second kappa shape index (κ2) is 12.1. The maximum atomic E-state index is 12.8. The van der Waals surface area contributed by atoms with E-state index in [2.05, 4.69) is 9.64 Å². The number of carbonyl (C=O) groups is 1. The van der Waals surface area contributed by atoms with Crippen molar-refractivity contribution in [2.45, 2.75) is 70.2 Å². The minimum Gasteiger partial charge on any atom is -0.406 e. The van der Waals surface area contributed by atoms with Crippen molar-refractivity contribution in [2.24, 2.45) is 0 Å². The number of hydrogen-bond donors (Lipinski definition) is 0. The Bertz CT molecular complexity index is 896. The molecular weight excluding hydrogens is 493 g/mol. The quantitative estimate of drug-likeness (QED) is 0.422. The van der Waals surface area contributed by atoms with Crippen molar-refractivity contribution in [3.05, 3.63) is 29.8 Å². The van der Waals surface area contributed by atoms with Gasteiger partial charge in [-0.3, -0.25) is 9.69 Å². The number of benzene rings is 1. The number of ether oxygens (including phenoxy) is 1. The van der Waals surface area contributed by atoms with Crippen LogP contribution in [0.2, 0.25) is 0 Å². The van der Waals surface area contributed by atoms with Crippen LogP contribution in [0.4, 0.5) is 13.2 Å². The molecule has 1 aliphatic heterocycles. The van der Waals surface area contributed by atoms with Gasteiger partial charge in [-0.05, 0) is 49.9 Å². The van der Waals surface area contributed by atoms with E-state index in [1.165, 1.54) is 12.1 Å². The molecule has 194 valence electrons. The minimum atomic E-state index is -4.77. The molecule has 0 atom stereocenters. The summed E-state index contributed by atoms with van der Waals surface area (Å²) in [5.74, 6) is -0.291. The first kappa shape index (κ1) is 28.9. The summed E-state index contributed by atoms with van der Waals surface area (Å²) in [4.78, 5) is 15.2. The van der Waals surface area contributed by atoms with E-state index in [-0.39, 0.29) is 35.2 Å². The highest BCUT2D eigenvalue weighted by molar-refractivity contribution is 7.89. The molecule has 0 amide bonds. The number of carbonyl (C=O) groups excluding carboxylic acids is 1. The van der Waals surface area contributed by atoms with Crippen LogP contribution in [0, 0.1) is 0 Å². The smallest absolute Gasteiger partial charge is 0.406 e. The highest BCUT2D eigenvalue weighted by Gasteiger charge is 2.40. The third-order valence-corrected chi connectivity index (χ3v) is 8.85. The lowest BCUT2D eigenvalue weighted by Gasteiger charge is -2.50. The standard InChI is InChI=1S/C23H33F3N2O4S.ClH/c1-2-18-33(30,31)28-16-14-27(15-17-28)22(11-4-3-5-12-22)13-10-21(29)19-6-8-20(9-7-19)32-23(24,25)26;/h6-9H,2-5,10-18H2,1H3;1H. The molecule has 2 fully saturated rings. The Labute approximate surface area is 206 Å². The predicted molar refractivity (Wildman–Crippen MR) is 127 cm³/mol. The molecule has 0 N–H and O–H groups in total. The fraction of sp³-hybridized carbons (Fsp3) is 0.696. The summed E-state index contributed by atoms with van der Waals surface area (Å²) in [5.41, 5.74) is 0.236. The van der Waals surface area contributed by atoms with E-state index in [0.717, 1.165) is 44.2 Å². The van der Waals surface area contributed by atoms with Crippen LogP contribution in [0.1, 0.15) is 68.6 Å². The average Bonchev–Trinajstić information content (AvgIpc) is 2.78. The summed E-state index contributed by atoms with van der Waals surface area (Å²) >= 11 is 0. The van der Waals surface area contributed by atoms with Crippen molar-refractivity contribution in [1.29, 1.82) is 0 Å². The Morgan fingerprint density at radius 3 is 2.15 bits per heavy atom. The summed E-state index contributed by atoms with van der Waals surface area (Å²) in [6.45, 7) is 4.11. The van der Waals surface area contributed by atoms with Gasteiger partial charge in [0.1, 0.15) is 5.75 Å². The summed E-state index contributed by atoms with van der Waals surface area (Å²) < 4.78 is 67.3. The molecule has 0 bridgehead atoms. The van der Waals surface area contributed by atoms with Gasteiger partial charge in [-0.25, -0.2) is 8.42 Å². The van der Waals surface area contributed by atoms with Gasteiger partial charge < -0.3 is 4.74 Å². The number of halogens is 4. The molecule has 1 saturated carbocycles. The molecule has 1 aliphatic carbocycles. The maximum Gasteiger partial charge on any atom is 0.573 e. The number of piperazine rings is 1. The van der Waals surface area contributed by atoms with Gasteiger partial charge >= 0.3 is 6.36 Å². The normalized spacial score (nSPS) is 19.9. The van der Waals surface area contributed by atoms with E-state index in [1.807, 2.05) is 6.92 Å². The maximum absolute atomic E-state index is 12.8. The largest absolute Gasteiger partial charge is 0.573 e. The van der Waals surface area contributed by atoms with Crippen molar-refractivity contribution in [3.8, 4) is 5.75 Å². The zero-order valence-corrected chi connectivity index (χ0v) is 21.1. The number of alkyl halides is 3. The van der Waals surface area contributed by atoms with Crippen LogP contribution in [-0.4, -0.2) is 67.2 Å². The van der Waals surface area contributed by atoms with Gasteiger partial charge in [-0.15, -0.1) is 25.6 Å². The first-order chi connectivity index (χ1) is 15.5. The number of hydrogen-bond acceptors (Lipinski definition) is 5. The Morgan fingerprint density at radius 1 is 1.03 bits per heavy atom. The third-order valence-electron chi connectivity index (χ3n) is 6.78. The molecule has 3 rings (SSSR count). The van der Waals surface area contributed by atoms with Crippen molar-refractivity contribution < 1.29 is 31.1 Å². The van der Waals surface area contributed by atoms with Gasteiger partial charge in [0, 0.05) is 43.7 Å². The summed E-state index contributed by atoms with van der Waals surface area (Å²) in [7, 11) is -3.21. The molecule has 0 radical (unpaired) electrons. The number of nitrogens with zero attached hydrogens (tertiary/aromatic N) is 2. The number of ketones is 1. The number of sulfonamides is 1. The van der Waals surface area contributed by atoms with Gasteiger partial charge in [0.15, 0.2) is 5.78 Å². The molecule has 1 aromatic rings. The zero-order valence-electron chi connectivity index (χ0n) is 19.5. The number of Topliss-reactive ketones (excluding diaryl/α,β-unsaturated/α-hetero) is 1. The summed E-state index contributed by atoms with van der Waals surface area (Å²) in [6.07, 6.45) is 2.04. The van der Waals surface area contributed by atoms with Crippen molar-refractivity contribution >= 4 is 28.2 Å². The Morgan fingerprint density at radius 2 is 1.62 bits per heavy atom. The second-order valence-corrected chi connectivity index (χ2v) is 11.1. The Balaban J connectivity index is 0.00000408. The molecule has 2 aliphatic rings. The lowest BCUT2D eigenvalue weighted by molar-refractivity contribution is -0.274. The molecular formula is C23H34ClF3N2O4S. The highest BCUT2D eigenvalue weighted by atomic mass is 35.5. The summed E-state index contributed by atoms with van der Waals surface area (Å²) in [5, 5.41) is 0. The molecule has 1 heterocycles. The lowest BCUT2D eigenvalue weighted by atomic mass is 9.76. The van der Waals surface area contributed by atoms with Crippen LogP contribution < -0.4 is 4.74 Å². The van der Waals surface area contributed by atoms with E-state index in [4.69, 9.17) is 0 Å². The fourth-order valence-electron chi connectivity index (χ4n) is 5.09. The van der Waals surface area contributed by atoms with Crippen LogP contribution in [-0.2, 0) is 10.0 Å². The topological polar surface area (TPSA) is 66.9 Å². The molecule has 1 aromatic carbocycles. The van der Waals surface area contributed by atoms with Crippen molar-refractivity contribution in [1.82, 2.24) is 9.21 Å². The molecule has 11 heteroatoms. The average molecular weight is 527 g/mol. The molecule has 6 nitrogen and oxygen atoms in total. The molecule has 0 spiro atoms. The van der Waals surface area contributed by atoms with Gasteiger partial charge in [0.25, 0.3) is 0 Å². The van der Waals surface area contributed by atoms with Crippen LogP contribution in [0.25, 0.3) is 0 Å². The Hall–Kier alpha value is -1.36. The van der Waals surface area contributed by atoms with Gasteiger partial charge in [0.2, 0.25) is 10.0 Å². The SMILES string of the molecule is CCCS(=O)(=O)N1CCN(C2(CCC(=O)c3ccc(OC(F)(F)F)cc3)CCCCC2)CC1.Cl. The third kappa shape index (κ3) is 7.57. The molecule has 34 heavy (non-hydrogen) atoms. The van der Waals surface area contributed by atoms with Crippen LogP contribution in [0.15, 0.2) is 24.3 Å². The highest BCUT2D eigenvalue weighted by Crippen LogP contribution is 2.38. The van der Waals surface area contributed by atoms with Gasteiger partial charge in [0.05, 0.1) is 5.75 Å². The van der Waals surface area contributed by atoms with Gasteiger partial charge in [-0.1, -0.05) is 26.2 Å². The summed E-state index contributed by atoms with van der Waals surface area (Å²) in [6, 6.07) is 5.06. The molecule has 0 aromatic heterocycles. The van der Waals surface area contributed by atoms with E-state index >= 15 is 0 Å². The van der Waals surface area contributed by atoms with Crippen LogP contribution in [0.3, 0.4) is 0 Å². The van der Waals surface area contributed by atoms with Crippen molar-refractivity contribution in [3.63, 3.8) is 0 Å². The van der Waals surface area contributed by atoms with Crippen LogP contribution >= 0.6 is 12.4 Å². The Kier molecular flexibility index (Phi) is 10.2. The van der Waals surface area contributed by atoms with E-state index in [1.54, 1.807) is 4.31 Å². The first-order valence-corrected chi connectivity index (χ1v) is 13.3. The fourth-order valence-corrected chi connectivity index (χ4v) is 6.59. The predicted octanol–water partition coefficient (Wildman–Crippen LogP) is 5.03. The molecule has 0 unspecified atom stereocenters. The minimum absolute atomic E-state index is 0. The first-order valence-electron chi connectivity index (χ1n) is 11.7. The monoisotopic (exact) mass is 526 g/mol. The van der Waals surface area contributed by atoms with E-state index in [0.29, 0.717) is 51.0 Å². The van der Waals surface area contributed by atoms with E-state index in [9.17, 15) is 26.4 Å². The van der Waals surface area contributed by atoms with Gasteiger partial charge in [-0.2, -0.15) is 4.31 Å². The van der Waals surface area contributed by atoms with Crippen molar-refractivity contribution in [2.75, 3.05) is 31.9 Å². The molecule has 1 saturated heterocycles. The van der Waals surface area contributed by atoms with Crippen LogP contribution in [0.5, 0.6) is 5.75 Å². The zero-order chi connectivity index (χ0) is 24.1. The number of rotatable bonds is 9. The van der Waals surface area contributed by atoms with E-state index < -0.39 is 16.4 Å².